The number of carbonyl (C=O) groups is 3. The predicted molar refractivity (Wildman–Crippen MR) is 152 cm³/mol. The SMILES string of the molecule is COC(=O)NC(CC/C=C/C(=O)N(C)C)C(=O)Nc1cccn(Cc2cc3nc(C)nc(CC(C)C)c3[nH]2)c1=O. The average molecular weight is 552 g/mol. The van der Waals surface area contributed by atoms with Gasteiger partial charge < -0.3 is 29.8 Å². The van der Waals surface area contributed by atoms with Crippen molar-refractivity contribution in [1.82, 2.24) is 29.7 Å². The van der Waals surface area contributed by atoms with Gasteiger partial charge in [-0.15, -0.1) is 0 Å². The van der Waals surface area contributed by atoms with Gasteiger partial charge in [0, 0.05) is 26.0 Å². The molecule has 0 spiro atoms. The first kappa shape index (κ1) is 30.1. The maximum Gasteiger partial charge on any atom is 0.407 e. The van der Waals surface area contributed by atoms with Crippen LogP contribution in [0.15, 0.2) is 41.3 Å². The Morgan fingerprint density at radius 3 is 2.65 bits per heavy atom. The van der Waals surface area contributed by atoms with Crippen molar-refractivity contribution < 1.29 is 19.1 Å². The summed E-state index contributed by atoms with van der Waals surface area (Å²) in [5.74, 6) is 0.328. The van der Waals surface area contributed by atoms with Gasteiger partial charge in [0.15, 0.2) is 0 Å². The molecule has 0 saturated carbocycles. The Labute approximate surface area is 232 Å². The third-order valence-electron chi connectivity index (χ3n) is 6.06. The van der Waals surface area contributed by atoms with Crippen LogP contribution < -0.4 is 16.2 Å². The van der Waals surface area contributed by atoms with Crippen molar-refractivity contribution in [3.8, 4) is 0 Å². The second-order valence-electron chi connectivity index (χ2n) is 10.1. The molecular formula is C28H37N7O5. The van der Waals surface area contributed by atoms with Gasteiger partial charge in [-0.3, -0.25) is 14.4 Å². The number of hydrogen-bond acceptors (Lipinski definition) is 7. The van der Waals surface area contributed by atoms with E-state index >= 15 is 0 Å². The number of H-pyrrole nitrogens is 1. The quantitative estimate of drug-likeness (QED) is 0.310. The minimum atomic E-state index is -0.991. The molecule has 3 N–H and O–H groups in total. The summed E-state index contributed by atoms with van der Waals surface area (Å²) < 4.78 is 6.11. The Kier molecular flexibility index (Phi) is 10.2. The number of hydrogen-bond donors (Lipinski definition) is 3. The Bertz CT molecular complexity index is 1450. The number of carbonyl (C=O) groups excluding carboxylic acids is 3. The number of pyridine rings is 1. The van der Waals surface area contributed by atoms with Crippen LogP contribution in [0.5, 0.6) is 0 Å². The summed E-state index contributed by atoms with van der Waals surface area (Å²) >= 11 is 0. The molecule has 1 unspecified atom stereocenters. The Morgan fingerprint density at radius 1 is 1.23 bits per heavy atom. The van der Waals surface area contributed by atoms with Gasteiger partial charge in [-0.1, -0.05) is 19.9 Å². The summed E-state index contributed by atoms with van der Waals surface area (Å²) in [4.78, 5) is 63.7. The van der Waals surface area contributed by atoms with Crippen LogP contribution >= 0.6 is 0 Å². The number of aromatic nitrogens is 4. The van der Waals surface area contributed by atoms with E-state index in [9.17, 15) is 19.2 Å². The molecule has 214 valence electrons. The highest BCUT2D eigenvalue weighted by Crippen LogP contribution is 2.20. The molecule has 0 aliphatic carbocycles. The lowest BCUT2D eigenvalue weighted by atomic mass is 10.1. The predicted octanol–water partition coefficient (Wildman–Crippen LogP) is 2.76. The van der Waals surface area contributed by atoms with E-state index in [-0.39, 0.29) is 24.6 Å². The minimum absolute atomic E-state index is 0.0646. The van der Waals surface area contributed by atoms with Crippen molar-refractivity contribution in [3.05, 3.63) is 64.1 Å². The minimum Gasteiger partial charge on any atom is -0.453 e. The molecule has 3 amide bonds. The molecule has 0 radical (unpaired) electrons. The molecule has 1 atom stereocenters. The van der Waals surface area contributed by atoms with Crippen molar-refractivity contribution in [3.63, 3.8) is 0 Å². The molecule has 0 aliphatic heterocycles. The van der Waals surface area contributed by atoms with E-state index in [0.29, 0.717) is 18.2 Å². The maximum absolute atomic E-state index is 13.2. The molecule has 12 heteroatoms. The van der Waals surface area contributed by atoms with Gasteiger partial charge in [0.25, 0.3) is 5.56 Å². The Morgan fingerprint density at radius 2 is 1.98 bits per heavy atom. The number of nitrogens with zero attached hydrogens (tertiary/aromatic N) is 4. The van der Waals surface area contributed by atoms with E-state index < -0.39 is 23.6 Å². The zero-order chi connectivity index (χ0) is 29.4. The molecule has 3 heterocycles. The number of aromatic amines is 1. The fourth-order valence-electron chi connectivity index (χ4n) is 4.10. The third kappa shape index (κ3) is 8.01. The van der Waals surface area contributed by atoms with Gasteiger partial charge in [0.05, 0.1) is 30.4 Å². The number of aryl methyl sites for hydroxylation is 1. The van der Waals surface area contributed by atoms with Crippen LogP contribution in [0.3, 0.4) is 0 Å². The number of alkyl carbamates (subject to hydrolysis) is 1. The number of amides is 3. The van der Waals surface area contributed by atoms with E-state index in [0.717, 1.165) is 28.8 Å². The molecule has 0 bridgehead atoms. The summed E-state index contributed by atoms with van der Waals surface area (Å²) in [5.41, 5.74) is 3.00. The second-order valence-corrected chi connectivity index (χ2v) is 10.1. The lowest BCUT2D eigenvalue weighted by molar-refractivity contribution is -0.123. The fraction of sp³-hybridized carbons (Fsp3) is 0.429. The van der Waals surface area contributed by atoms with Crippen LogP contribution in [0, 0.1) is 12.8 Å². The molecule has 0 aromatic carbocycles. The van der Waals surface area contributed by atoms with Crippen LogP contribution in [0.1, 0.15) is 43.9 Å². The Balaban J connectivity index is 1.78. The van der Waals surface area contributed by atoms with E-state index in [4.69, 9.17) is 0 Å². The first-order chi connectivity index (χ1) is 19.0. The first-order valence-corrected chi connectivity index (χ1v) is 13.1. The molecule has 3 aromatic rings. The molecule has 3 aromatic heterocycles. The number of likely N-dealkylation sites (N-methyl/N-ethyl adjacent to an activating group) is 1. The van der Waals surface area contributed by atoms with E-state index in [1.807, 2.05) is 13.0 Å². The van der Waals surface area contributed by atoms with Crippen molar-refractivity contribution in [2.75, 3.05) is 26.5 Å². The van der Waals surface area contributed by atoms with Gasteiger partial charge in [-0.2, -0.15) is 0 Å². The number of rotatable bonds is 11. The van der Waals surface area contributed by atoms with E-state index in [1.54, 1.807) is 32.4 Å². The summed E-state index contributed by atoms with van der Waals surface area (Å²) in [6.07, 6.45) is 5.18. The van der Waals surface area contributed by atoms with E-state index in [1.165, 1.54) is 28.7 Å². The van der Waals surface area contributed by atoms with Crippen molar-refractivity contribution >= 4 is 34.6 Å². The molecule has 0 aliphatic rings. The van der Waals surface area contributed by atoms with Crippen molar-refractivity contribution in [2.45, 2.75) is 52.6 Å². The highest BCUT2D eigenvalue weighted by Gasteiger charge is 2.22. The van der Waals surface area contributed by atoms with Gasteiger partial charge in [0.2, 0.25) is 11.8 Å². The van der Waals surface area contributed by atoms with Gasteiger partial charge in [0.1, 0.15) is 17.6 Å². The molecule has 12 nitrogen and oxygen atoms in total. The number of methoxy groups -OCH3 is 1. The number of fused-ring (bicyclic) bond motifs is 1. The van der Waals surface area contributed by atoms with Crippen LogP contribution in [-0.4, -0.2) is 69.6 Å². The zero-order valence-corrected chi connectivity index (χ0v) is 23.8. The average Bonchev–Trinajstić information content (AvgIpc) is 3.29. The smallest absolute Gasteiger partial charge is 0.407 e. The number of ether oxygens (including phenoxy) is 1. The Hall–Kier alpha value is -4.48. The second kappa shape index (κ2) is 13.5. The molecular weight excluding hydrogens is 514 g/mol. The topological polar surface area (TPSA) is 151 Å². The molecule has 3 rings (SSSR count). The summed E-state index contributed by atoms with van der Waals surface area (Å²) in [6.45, 7) is 6.34. The van der Waals surface area contributed by atoms with Crippen molar-refractivity contribution in [1.29, 1.82) is 0 Å². The highest BCUT2D eigenvalue weighted by molar-refractivity contribution is 5.96. The molecule has 0 saturated heterocycles. The van der Waals surface area contributed by atoms with Gasteiger partial charge >= 0.3 is 6.09 Å². The summed E-state index contributed by atoms with van der Waals surface area (Å²) in [7, 11) is 4.45. The fourth-order valence-corrected chi connectivity index (χ4v) is 4.10. The standard InChI is InChI=1S/C28H37N7O5/c1-17(2)14-22-25-23(30-18(3)29-22)15-19(31-25)16-35-13-9-11-21(27(35)38)32-26(37)20(33-28(39)40-6)10-7-8-12-24(36)34(4)5/h8-9,11-13,15,17,20,31H,7,10,14,16H2,1-6H3,(H,32,37)(H,33,39)/b12-8+. The van der Waals surface area contributed by atoms with E-state index in [2.05, 4.69) is 44.2 Å². The maximum atomic E-state index is 13.2. The number of anilines is 1. The van der Waals surface area contributed by atoms with Crippen LogP contribution in [0.4, 0.5) is 10.5 Å². The van der Waals surface area contributed by atoms with Crippen LogP contribution in [0.2, 0.25) is 0 Å². The van der Waals surface area contributed by atoms with Crippen molar-refractivity contribution in [2.24, 2.45) is 5.92 Å². The molecule has 40 heavy (non-hydrogen) atoms. The number of nitrogens with one attached hydrogen (secondary N) is 3. The zero-order valence-electron chi connectivity index (χ0n) is 23.8. The lowest BCUT2D eigenvalue weighted by Crippen LogP contribution is -2.44. The monoisotopic (exact) mass is 551 g/mol. The summed E-state index contributed by atoms with van der Waals surface area (Å²) in [5, 5.41) is 5.10. The highest BCUT2D eigenvalue weighted by atomic mass is 16.5. The summed E-state index contributed by atoms with van der Waals surface area (Å²) in [6, 6.07) is 4.07. The van der Waals surface area contributed by atoms with Gasteiger partial charge in [-0.05, 0) is 56.4 Å². The van der Waals surface area contributed by atoms with Crippen LogP contribution in [0.25, 0.3) is 11.0 Å². The first-order valence-electron chi connectivity index (χ1n) is 13.1. The lowest BCUT2D eigenvalue weighted by Gasteiger charge is -2.17. The normalized spacial score (nSPS) is 12.1. The largest absolute Gasteiger partial charge is 0.453 e. The third-order valence-corrected chi connectivity index (χ3v) is 6.06. The number of allylic oxidation sites excluding steroid dienone is 1. The van der Waals surface area contributed by atoms with Gasteiger partial charge in [-0.25, -0.2) is 14.8 Å². The molecule has 0 fully saturated rings. The van der Waals surface area contributed by atoms with Crippen LogP contribution in [-0.2, 0) is 27.3 Å².